The van der Waals surface area contributed by atoms with Crippen molar-refractivity contribution in [2.45, 2.75) is 0 Å². The van der Waals surface area contributed by atoms with Gasteiger partial charge in [-0.2, -0.15) is 0 Å². The van der Waals surface area contributed by atoms with Gasteiger partial charge >= 0.3 is 276 Å². The van der Waals surface area contributed by atoms with Crippen molar-refractivity contribution in [2.24, 2.45) is 4.99 Å². The van der Waals surface area contributed by atoms with Crippen molar-refractivity contribution < 1.29 is 315 Å². The number of carboxylic acids is 3. The standard InChI is InChI=1S/C14H6N2O8.4Cs/c17-10-4-2-6(14(23)24)15-8(4)7-3(12(19)20)1-5(13(21)22)16-9(7)11(10)18;;;;/h1-2,17H,(H,19,20)(H,21,22)(H,23,24);;;;/q;4*+1/p-4. The SMILES string of the molecule is O=C([O-])C1=CC2=C([O-])C(=O)c3nc(C(=O)[O-])cc(C(=O)[O-])c3C2=N1.[Cs+].[Cs+].[Cs+].[Cs+]. The molecule has 1 aliphatic carbocycles. The maximum absolute atomic E-state index is 12.1. The van der Waals surface area contributed by atoms with E-state index in [0.29, 0.717) is 6.07 Å². The van der Waals surface area contributed by atoms with E-state index in [4.69, 9.17) is 0 Å². The quantitative estimate of drug-likeness (QED) is 0.285. The van der Waals surface area contributed by atoms with Crippen molar-refractivity contribution in [1.29, 1.82) is 0 Å². The Hall–Kier alpha value is 4.39. The fourth-order valence-corrected chi connectivity index (χ4v) is 2.33. The third-order valence-corrected chi connectivity index (χ3v) is 3.33. The number of aromatic nitrogens is 1. The van der Waals surface area contributed by atoms with Crippen molar-refractivity contribution in [2.75, 3.05) is 0 Å². The normalized spacial score (nSPS) is 13.2. The molecule has 3 rings (SSSR count). The van der Waals surface area contributed by atoms with E-state index >= 15 is 0 Å². The van der Waals surface area contributed by atoms with Gasteiger partial charge in [0.2, 0.25) is 0 Å². The van der Waals surface area contributed by atoms with E-state index < -0.39 is 68.9 Å². The molecule has 2 heterocycles. The molecule has 0 fully saturated rings. The molecule has 0 saturated carbocycles. The number of pyridine rings is 1. The molecule has 0 N–H and O–H groups in total. The largest absolute Gasteiger partial charge is 1.00 e. The summed E-state index contributed by atoms with van der Waals surface area (Å²) in [4.78, 5) is 52.1. The van der Waals surface area contributed by atoms with E-state index in [1.54, 1.807) is 0 Å². The Kier molecular flexibility index (Phi) is 18.2. The maximum Gasteiger partial charge on any atom is 1.00 e. The van der Waals surface area contributed by atoms with Crippen LogP contribution in [0.15, 0.2) is 34.2 Å². The van der Waals surface area contributed by atoms with E-state index in [9.17, 15) is 39.6 Å². The van der Waals surface area contributed by atoms with Crippen LogP contribution in [0, 0.1) is 0 Å². The number of aliphatic carboxylic acids is 1. The minimum atomic E-state index is -1.88. The van der Waals surface area contributed by atoms with Gasteiger partial charge in [-0.3, -0.25) is 4.79 Å². The van der Waals surface area contributed by atoms with Gasteiger partial charge in [0, 0.05) is 11.1 Å². The monoisotopic (exact) mass is 858 g/mol. The number of ketones is 1. The minimum absolute atomic E-state index is 0. The number of carbonyl (C=O) groups is 4. The molecule has 10 nitrogen and oxygen atoms in total. The molecule has 1 aliphatic heterocycles. The van der Waals surface area contributed by atoms with Gasteiger partial charge in [-0.05, 0) is 23.5 Å². The Morgan fingerprint density at radius 1 is 0.893 bits per heavy atom. The van der Waals surface area contributed by atoms with Crippen LogP contribution in [0.3, 0.4) is 0 Å². The van der Waals surface area contributed by atoms with Gasteiger partial charge < -0.3 is 34.8 Å². The first-order valence-electron chi connectivity index (χ1n) is 6.18. The fraction of sp³-hybridized carbons (Fsp3) is 0. The Bertz CT molecular complexity index is 984. The van der Waals surface area contributed by atoms with Gasteiger partial charge in [0.15, 0.2) is 5.78 Å². The van der Waals surface area contributed by atoms with Crippen molar-refractivity contribution in [3.63, 3.8) is 0 Å². The number of allylic oxidation sites excluding steroid dienone is 3. The van der Waals surface area contributed by atoms with Crippen LogP contribution in [-0.4, -0.2) is 34.4 Å². The Labute approximate surface area is 392 Å². The second-order valence-corrected chi connectivity index (χ2v) is 4.70. The Morgan fingerprint density at radius 3 is 1.93 bits per heavy atom. The summed E-state index contributed by atoms with van der Waals surface area (Å²) in [5.41, 5.74) is -4.53. The second-order valence-electron chi connectivity index (χ2n) is 4.70. The molecular weight excluding hydrogens is 856 g/mol. The average Bonchev–Trinajstić information content (AvgIpc) is 2.96. The fourth-order valence-electron chi connectivity index (χ4n) is 2.33. The molecule has 14 heteroatoms. The van der Waals surface area contributed by atoms with Crippen molar-refractivity contribution >= 4 is 29.4 Å². The molecule has 1 aromatic heterocycles. The van der Waals surface area contributed by atoms with E-state index in [1.807, 2.05) is 0 Å². The molecular formula is C14H2Cs4N2O8. The number of rotatable bonds is 3. The first-order chi connectivity index (χ1) is 11.2. The molecule has 28 heavy (non-hydrogen) atoms. The van der Waals surface area contributed by atoms with Crippen molar-refractivity contribution in [3.8, 4) is 0 Å². The van der Waals surface area contributed by atoms with Crippen LogP contribution in [-0.2, 0) is 4.79 Å². The van der Waals surface area contributed by atoms with Crippen molar-refractivity contribution in [3.05, 3.63) is 51.7 Å². The molecule has 0 aromatic carbocycles. The van der Waals surface area contributed by atoms with Crippen molar-refractivity contribution in [1.82, 2.24) is 4.98 Å². The van der Waals surface area contributed by atoms with Gasteiger partial charge in [0.05, 0.1) is 35.0 Å². The predicted molar refractivity (Wildman–Crippen MR) is 63.9 cm³/mol. The Balaban J connectivity index is 0. The Morgan fingerprint density at radius 2 is 1.46 bits per heavy atom. The molecule has 0 saturated heterocycles. The zero-order valence-electron chi connectivity index (χ0n) is 15.3. The smallest absolute Gasteiger partial charge is 0.869 e. The van der Waals surface area contributed by atoms with Crippen LogP contribution in [0.2, 0.25) is 0 Å². The molecule has 0 bridgehead atoms. The minimum Gasteiger partial charge on any atom is -0.869 e. The van der Waals surface area contributed by atoms with Crippen LogP contribution >= 0.6 is 0 Å². The van der Waals surface area contributed by atoms with E-state index in [-0.39, 0.29) is 276 Å². The van der Waals surface area contributed by atoms with Gasteiger partial charge in [0.25, 0.3) is 0 Å². The molecule has 0 atom stereocenters. The predicted octanol–water partition coefficient (Wildman–Crippen LogP) is -16.9. The maximum atomic E-state index is 12.1. The topological polar surface area (TPSA) is 186 Å². The van der Waals surface area contributed by atoms with E-state index in [2.05, 4.69) is 9.98 Å². The summed E-state index contributed by atoms with van der Waals surface area (Å²) in [5.74, 6) is -8.01. The summed E-state index contributed by atoms with van der Waals surface area (Å²) in [7, 11) is 0. The summed E-state index contributed by atoms with van der Waals surface area (Å²) in [6, 6.07) is 0.573. The van der Waals surface area contributed by atoms with Crippen LogP contribution < -0.4 is 296 Å². The zero-order chi connectivity index (χ0) is 17.8. The first-order valence-corrected chi connectivity index (χ1v) is 6.18. The van der Waals surface area contributed by atoms with Gasteiger partial charge in [0.1, 0.15) is 5.69 Å². The first kappa shape index (κ1) is 34.6. The van der Waals surface area contributed by atoms with Gasteiger partial charge in [-0.15, -0.1) is 0 Å². The number of aliphatic imine (C=N–C) groups is 1. The van der Waals surface area contributed by atoms with Crippen LogP contribution in [0.4, 0.5) is 0 Å². The molecule has 0 radical (unpaired) electrons. The van der Waals surface area contributed by atoms with Crippen LogP contribution in [0.5, 0.6) is 0 Å². The van der Waals surface area contributed by atoms with Crippen LogP contribution in [0.25, 0.3) is 0 Å². The number of carboxylic acid groups (broad SMARTS) is 3. The number of Topliss-reactive ketones (excluding diaryl/α,β-unsaturated/α-hetero) is 1. The number of fused-ring (bicyclic) bond motifs is 3. The summed E-state index contributed by atoms with van der Waals surface area (Å²) >= 11 is 0. The molecule has 2 aliphatic rings. The number of hydrogen-bond acceptors (Lipinski definition) is 10. The third-order valence-electron chi connectivity index (χ3n) is 3.33. The molecule has 1 aromatic rings. The van der Waals surface area contributed by atoms with E-state index in [1.165, 1.54) is 0 Å². The molecule has 0 unspecified atom stereocenters. The number of hydrogen-bond donors (Lipinski definition) is 0. The molecule has 120 valence electrons. The molecule has 0 spiro atoms. The van der Waals surface area contributed by atoms with Gasteiger partial charge in [-0.1, -0.05) is 0 Å². The third kappa shape index (κ3) is 7.20. The number of aromatic carboxylic acids is 2. The molecule has 0 amide bonds. The van der Waals surface area contributed by atoms with Crippen LogP contribution in [0.1, 0.15) is 36.9 Å². The summed E-state index contributed by atoms with van der Waals surface area (Å²) < 4.78 is 0. The summed E-state index contributed by atoms with van der Waals surface area (Å²) in [6.45, 7) is 0. The summed E-state index contributed by atoms with van der Waals surface area (Å²) in [5, 5.41) is 45.1. The van der Waals surface area contributed by atoms with E-state index in [0.717, 1.165) is 6.08 Å². The average molecular weight is 858 g/mol. The second kappa shape index (κ2) is 14.7. The number of carbonyl (C=O) groups excluding carboxylic acids is 4. The number of nitrogens with zero attached hydrogens (tertiary/aromatic N) is 2. The van der Waals surface area contributed by atoms with Gasteiger partial charge in [-0.25, -0.2) is 9.98 Å². The zero-order valence-corrected chi connectivity index (χ0v) is 40.4. The summed E-state index contributed by atoms with van der Waals surface area (Å²) in [6.07, 6.45) is 0.763.